The van der Waals surface area contributed by atoms with Crippen LogP contribution >= 0.6 is 0 Å². The van der Waals surface area contributed by atoms with Gasteiger partial charge in [-0.2, -0.15) is 13.2 Å². The molecule has 0 saturated carbocycles. The molecule has 7 nitrogen and oxygen atoms in total. The highest BCUT2D eigenvalue weighted by atomic mass is 19.4. The highest BCUT2D eigenvalue weighted by Crippen LogP contribution is 2.21. The maximum absolute atomic E-state index is 13.0. The zero-order valence-electron chi connectivity index (χ0n) is 19.1. The number of anilines is 1. The summed E-state index contributed by atoms with van der Waals surface area (Å²) in [5.74, 6) is -0.124. The molecule has 184 valence electrons. The van der Waals surface area contributed by atoms with Gasteiger partial charge in [-0.05, 0) is 43.9 Å². The number of carbonyl (C=O) groups excluding carboxylic acids is 2. The first kappa shape index (κ1) is 25.3. The minimum absolute atomic E-state index is 0.0706. The largest absolute Gasteiger partial charge is 0.411 e. The number of halogens is 3. The second-order valence-corrected chi connectivity index (χ2v) is 8.77. The minimum Gasteiger partial charge on any atom is -0.372 e. The van der Waals surface area contributed by atoms with Gasteiger partial charge in [-0.15, -0.1) is 0 Å². The number of amides is 3. The van der Waals surface area contributed by atoms with Crippen molar-refractivity contribution in [3.8, 4) is 0 Å². The van der Waals surface area contributed by atoms with Crippen LogP contribution in [0.5, 0.6) is 0 Å². The summed E-state index contributed by atoms with van der Waals surface area (Å²) in [5, 5.41) is 2.92. The van der Waals surface area contributed by atoms with Crippen molar-refractivity contribution in [2.45, 2.75) is 32.4 Å². The van der Waals surface area contributed by atoms with Gasteiger partial charge < -0.3 is 19.9 Å². The number of hydrogen-bond acceptors (Lipinski definition) is 4. The van der Waals surface area contributed by atoms with E-state index in [0.29, 0.717) is 52.2 Å². The summed E-state index contributed by atoms with van der Waals surface area (Å²) < 4.78 is 40.9. The van der Waals surface area contributed by atoms with E-state index in [9.17, 15) is 22.8 Å². The number of nitrogens with zero attached hydrogens (tertiary/aromatic N) is 3. The van der Waals surface area contributed by atoms with Gasteiger partial charge in [0.1, 0.15) is 6.61 Å². The van der Waals surface area contributed by atoms with Crippen molar-refractivity contribution in [1.82, 2.24) is 14.7 Å². The number of piperazine rings is 1. The van der Waals surface area contributed by atoms with Gasteiger partial charge in [0.2, 0.25) is 5.91 Å². The van der Waals surface area contributed by atoms with Crippen LogP contribution in [0.4, 0.5) is 23.7 Å². The number of alkyl halides is 3. The number of ether oxygens (including phenoxy) is 1. The van der Waals surface area contributed by atoms with Crippen LogP contribution in [-0.4, -0.2) is 91.8 Å². The van der Waals surface area contributed by atoms with Crippen molar-refractivity contribution < 1.29 is 27.5 Å². The van der Waals surface area contributed by atoms with Crippen molar-refractivity contribution in [3.05, 3.63) is 29.8 Å². The zero-order valence-corrected chi connectivity index (χ0v) is 19.1. The molecule has 10 heteroatoms. The molecule has 2 saturated heterocycles. The second-order valence-electron chi connectivity index (χ2n) is 8.77. The summed E-state index contributed by atoms with van der Waals surface area (Å²) in [7, 11) is 0. The van der Waals surface area contributed by atoms with Crippen LogP contribution in [-0.2, 0) is 9.53 Å². The first-order valence-corrected chi connectivity index (χ1v) is 11.5. The molecule has 2 heterocycles. The molecular formula is C23H33F3N4O3. The number of piperidine rings is 1. The van der Waals surface area contributed by atoms with Crippen molar-refractivity contribution in [2.75, 3.05) is 64.3 Å². The summed E-state index contributed by atoms with van der Waals surface area (Å²) in [6, 6.07) is 7.43. The standard InChI is InChI=1S/C23H33F3N4O3/c1-18-5-2-7-20(15-18)27-22(32)30-9-3-6-19(16-30)21(31)29-12-10-28(11-13-29)8-4-14-33-17-23(24,25)26/h2,5,7,15,19H,3-4,6,8-14,16-17H2,1H3,(H,27,32). The fourth-order valence-corrected chi connectivity index (χ4v) is 4.32. The molecule has 1 aromatic rings. The Morgan fingerprint density at radius 3 is 2.58 bits per heavy atom. The van der Waals surface area contributed by atoms with E-state index in [1.165, 1.54) is 0 Å². The van der Waals surface area contributed by atoms with Crippen LogP contribution < -0.4 is 5.32 Å². The van der Waals surface area contributed by atoms with E-state index >= 15 is 0 Å². The summed E-state index contributed by atoms with van der Waals surface area (Å²) in [6.45, 7) is 5.08. The maximum atomic E-state index is 13.0. The van der Waals surface area contributed by atoms with E-state index in [2.05, 4.69) is 15.0 Å². The Hall–Kier alpha value is -2.33. The predicted molar refractivity (Wildman–Crippen MR) is 119 cm³/mol. The Balaban J connectivity index is 1.39. The number of rotatable bonds is 7. The normalized spacial score (nSPS) is 20.1. The predicted octanol–water partition coefficient (Wildman–Crippen LogP) is 3.35. The molecule has 0 aromatic heterocycles. The van der Waals surface area contributed by atoms with Crippen LogP contribution in [0.25, 0.3) is 0 Å². The molecule has 0 radical (unpaired) electrons. The van der Waals surface area contributed by atoms with Gasteiger partial charge >= 0.3 is 12.2 Å². The van der Waals surface area contributed by atoms with Crippen LogP contribution in [0.1, 0.15) is 24.8 Å². The molecule has 1 atom stereocenters. The van der Waals surface area contributed by atoms with Gasteiger partial charge in [-0.1, -0.05) is 12.1 Å². The SMILES string of the molecule is Cc1cccc(NC(=O)N2CCCC(C(=O)N3CCN(CCCOCC(F)(F)F)CC3)C2)c1. The summed E-state index contributed by atoms with van der Waals surface area (Å²) in [4.78, 5) is 31.4. The first-order chi connectivity index (χ1) is 15.7. The third-order valence-corrected chi connectivity index (χ3v) is 6.04. The van der Waals surface area contributed by atoms with E-state index in [0.717, 1.165) is 24.1 Å². The van der Waals surface area contributed by atoms with Gasteiger partial charge in [0, 0.05) is 58.1 Å². The molecular weight excluding hydrogens is 437 g/mol. The highest BCUT2D eigenvalue weighted by Gasteiger charge is 2.32. The van der Waals surface area contributed by atoms with Crippen LogP contribution in [0.3, 0.4) is 0 Å². The lowest BCUT2D eigenvalue weighted by atomic mass is 9.96. The Morgan fingerprint density at radius 1 is 1.12 bits per heavy atom. The number of nitrogens with one attached hydrogen (secondary N) is 1. The lowest BCUT2D eigenvalue weighted by Gasteiger charge is -2.39. The van der Waals surface area contributed by atoms with Gasteiger partial charge in [0.25, 0.3) is 0 Å². The smallest absolute Gasteiger partial charge is 0.372 e. The van der Waals surface area contributed by atoms with Crippen LogP contribution in [0, 0.1) is 12.8 Å². The van der Waals surface area contributed by atoms with Crippen LogP contribution in [0.15, 0.2) is 24.3 Å². The van der Waals surface area contributed by atoms with E-state index in [1.54, 1.807) is 4.90 Å². The molecule has 1 unspecified atom stereocenters. The second kappa shape index (κ2) is 11.7. The maximum Gasteiger partial charge on any atom is 0.411 e. The van der Waals surface area contributed by atoms with E-state index in [1.807, 2.05) is 36.1 Å². The van der Waals surface area contributed by atoms with E-state index in [-0.39, 0.29) is 24.5 Å². The lowest BCUT2D eigenvalue weighted by molar-refractivity contribution is -0.174. The topological polar surface area (TPSA) is 65.1 Å². The van der Waals surface area contributed by atoms with Crippen molar-refractivity contribution in [1.29, 1.82) is 0 Å². The molecule has 0 bridgehead atoms. The molecule has 2 fully saturated rings. The van der Waals surface area contributed by atoms with Gasteiger partial charge in [-0.25, -0.2) is 4.79 Å². The van der Waals surface area contributed by atoms with Crippen molar-refractivity contribution in [3.63, 3.8) is 0 Å². The summed E-state index contributed by atoms with van der Waals surface area (Å²) in [5.41, 5.74) is 1.81. The van der Waals surface area contributed by atoms with E-state index in [4.69, 9.17) is 0 Å². The van der Waals surface area contributed by atoms with Crippen molar-refractivity contribution >= 4 is 17.6 Å². The molecule has 3 amide bonds. The van der Waals surface area contributed by atoms with E-state index < -0.39 is 12.8 Å². The molecule has 3 rings (SSSR count). The fourth-order valence-electron chi connectivity index (χ4n) is 4.32. The monoisotopic (exact) mass is 470 g/mol. The summed E-state index contributed by atoms with van der Waals surface area (Å²) >= 11 is 0. The molecule has 2 aliphatic heterocycles. The Labute approximate surface area is 192 Å². The Morgan fingerprint density at radius 2 is 1.88 bits per heavy atom. The quantitative estimate of drug-likeness (QED) is 0.621. The Kier molecular flexibility index (Phi) is 8.96. The Bertz CT molecular complexity index is 797. The first-order valence-electron chi connectivity index (χ1n) is 11.5. The lowest BCUT2D eigenvalue weighted by Crippen LogP contribution is -2.53. The average molecular weight is 471 g/mol. The average Bonchev–Trinajstić information content (AvgIpc) is 2.78. The number of carbonyl (C=O) groups is 2. The highest BCUT2D eigenvalue weighted by molar-refractivity contribution is 5.90. The van der Waals surface area contributed by atoms with Gasteiger partial charge in [0.15, 0.2) is 0 Å². The number of benzene rings is 1. The number of hydrogen-bond donors (Lipinski definition) is 1. The molecule has 0 aliphatic carbocycles. The van der Waals surface area contributed by atoms with Gasteiger partial charge in [-0.3, -0.25) is 9.69 Å². The van der Waals surface area contributed by atoms with Crippen LogP contribution in [0.2, 0.25) is 0 Å². The zero-order chi connectivity index (χ0) is 23.8. The third kappa shape index (κ3) is 8.19. The molecule has 1 N–H and O–H groups in total. The molecule has 2 aliphatic rings. The fraction of sp³-hybridized carbons (Fsp3) is 0.652. The minimum atomic E-state index is -4.29. The summed E-state index contributed by atoms with van der Waals surface area (Å²) in [6.07, 6.45) is -2.21. The van der Waals surface area contributed by atoms with Crippen molar-refractivity contribution in [2.24, 2.45) is 5.92 Å². The van der Waals surface area contributed by atoms with Gasteiger partial charge in [0.05, 0.1) is 5.92 Å². The third-order valence-electron chi connectivity index (χ3n) is 6.04. The molecule has 1 aromatic carbocycles. The number of aryl methyl sites for hydroxylation is 1. The molecule has 33 heavy (non-hydrogen) atoms. The molecule has 0 spiro atoms. The number of urea groups is 1. The number of likely N-dealkylation sites (tertiary alicyclic amines) is 1.